The number of rotatable bonds is 0. The summed E-state index contributed by atoms with van der Waals surface area (Å²) < 4.78 is 0. The summed E-state index contributed by atoms with van der Waals surface area (Å²) in [6, 6.07) is 0. The lowest BCUT2D eigenvalue weighted by Gasteiger charge is -2.23. The predicted molar refractivity (Wildman–Crippen MR) is 41.3 cm³/mol. The highest BCUT2D eigenvalue weighted by Crippen LogP contribution is 2.55. The Morgan fingerprint density at radius 1 is 1.20 bits per heavy atom. The molecule has 2 saturated carbocycles. The molecule has 0 saturated heterocycles. The molecular weight excluding hydrogens is 120 g/mol. The van der Waals surface area contributed by atoms with E-state index in [1.165, 1.54) is 19.3 Å². The first-order valence-corrected chi connectivity index (χ1v) is 4.45. The molecule has 0 aromatic carbocycles. The fourth-order valence-corrected chi connectivity index (χ4v) is 3.22. The monoisotopic (exact) mass is 133 g/mol. The molecule has 0 nitrogen and oxygen atoms in total. The zero-order chi connectivity index (χ0) is 6.55. The summed E-state index contributed by atoms with van der Waals surface area (Å²) in [6.45, 7) is 0. The van der Waals surface area contributed by atoms with E-state index >= 15 is 0 Å². The van der Waals surface area contributed by atoms with E-state index in [2.05, 4.69) is 18.6 Å². The van der Waals surface area contributed by atoms with Gasteiger partial charge in [-0.15, -0.1) is 0 Å². The molecule has 4 atom stereocenters. The second-order valence-electron chi connectivity index (χ2n) is 4.04. The summed E-state index contributed by atoms with van der Waals surface area (Å²) in [5, 5.41) is 0. The van der Waals surface area contributed by atoms with E-state index in [9.17, 15) is 0 Å². The van der Waals surface area contributed by atoms with Crippen LogP contribution < -0.4 is 0 Å². The molecule has 2 unspecified atom stereocenters. The summed E-state index contributed by atoms with van der Waals surface area (Å²) in [7, 11) is 0. The molecule has 3 aliphatic rings. The van der Waals surface area contributed by atoms with Crippen LogP contribution >= 0.6 is 0 Å². The van der Waals surface area contributed by atoms with Crippen molar-refractivity contribution >= 4 is 0 Å². The van der Waals surface area contributed by atoms with Crippen molar-refractivity contribution in [3.63, 3.8) is 0 Å². The molecule has 3 rings (SSSR count). The van der Waals surface area contributed by atoms with Gasteiger partial charge in [0, 0.05) is 0 Å². The maximum atomic E-state index is 2.57. The number of hydrogen-bond donors (Lipinski definition) is 0. The van der Waals surface area contributed by atoms with E-state index in [1.807, 2.05) is 0 Å². The van der Waals surface area contributed by atoms with E-state index in [0.717, 1.165) is 23.7 Å². The minimum atomic E-state index is 0.995. The third-order valence-electron chi connectivity index (χ3n) is 3.67. The normalized spacial score (nSPS) is 56.0. The van der Waals surface area contributed by atoms with E-state index in [0.29, 0.717) is 0 Å². The molecule has 2 fully saturated rings. The predicted octanol–water partition coefficient (Wildman–Crippen LogP) is 2.42. The van der Waals surface area contributed by atoms with E-state index < -0.39 is 0 Å². The SMILES string of the molecule is [CH]1CC2CC1[C@@H]1CC=C[C@@H]21. The van der Waals surface area contributed by atoms with Crippen molar-refractivity contribution in [2.45, 2.75) is 19.3 Å². The molecule has 0 heterocycles. The van der Waals surface area contributed by atoms with Gasteiger partial charge in [0.25, 0.3) is 0 Å². The van der Waals surface area contributed by atoms with Gasteiger partial charge in [0.2, 0.25) is 0 Å². The molecule has 1 radical (unpaired) electrons. The lowest BCUT2D eigenvalue weighted by molar-refractivity contribution is 0.334. The fourth-order valence-electron chi connectivity index (χ4n) is 3.22. The minimum absolute atomic E-state index is 0.995. The summed E-state index contributed by atoms with van der Waals surface area (Å²) >= 11 is 0. The Morgan fingerprint density at radius 2 is 2.20 bits per heavy atom. The Balaban J connectivity index is 1.97. The van der Waals surface area contributed by atoms with Crippen molar-refractivity contribution in [1.29, 1.82) is 0 Å². The van der Waals surface area contributed by atoms with Crippen LogP contribution in [0.2, 0.25) is 0 Å². The molecule has 0 aliphatic heterocycles. The quantitative estimate of drug-likeness (QED) is 0.445. The second kappa shape index (κ2) is 1.66. The van der Waals surface area contributed by atoms with Crippen molar-refractivity contribution in [3.05, 3.63) is 18.6 Å². The summed E-state index contributed by atoms with van der Waals surface area (Å²) in [5.41, 5.74) is 0. The standard InChI is InChI=1S/C10H13/c1-2-9-7-4-5-8(6-7)10(9)3-1/h1-2,5,7-10H,3-4,6H2/t7?,8?,9-,10-/m0/s1. The first-order valence-electron chi connectivity index (χ1n) is 4.45. The molecule has 3 aliphatic carbocycles. The van der Waals surface area contributed by atoms with Gasteiger partial charge in [-0.05, 0) is 49.4 Å². The van der Waals surface area contributed by atoms with Gasteiger partial charge in [0.1, 0.15) is 0 Å². The third-order valence-corrected chi connectivity index (χ3v) is 3.67. The Hall–Kier alpha value is -0.260. The first kappa shape index (κ1) is 5.40. The van der Waals surface area contributed by atoms with Crippen LogP contribution in [0.5, 0.6) is 0 Å². The topological polar surface area (TPSA) is 0 Å². The summed E-state index contributed by atoms with van der Waals surface area (Å²) in [4.78, 5) is 0. The zero-order valence-corrected chi connectivity index (χ0v) is 6.16. The molecule has 0 amide bonds. The van der Waals surface area contributed by atoms with Crippen LogP contribution in [0, 0.1) is 30.1 Å². The van der Waals surface area contributed by atoms with Crippen LogP contribution in [0.15, 0.2) is 12.2 Å². The van der Waals surface area contributed by atoms with Crippen molar-refractivity contribution in [1.82, 2.24) is 0 Å². The maximum absolute atomic E-state index is 2.57. The average molecular weight is 133 g/mol. The van der Waals surface area contributed by atoms with Crippen LogP contribution in [-0.2, 0) is 0 Å². The Morgan fingerprint density at radius 3 is 3.10 bits per heavy atom. The van der Waals surface area contributed by atoms with Crippen LogP contribution in [0.1, 0.15) is 19.3 Å². The van der Waals surface area contributed by atoms with Crippen molar-refractivity contribution < 1.29 is 0 Å². The van der Waals surface area contributed by atoms with Gasteiger partial charge < -0.3 is 0 Å². The second-order valence-corrected chi connectivity index (χ2v) is 4.04. The molecule has 0 N–H and O–H groups in total. The Labute approximate surface area is 62.3 Å². The third kappa shape index (κ3) is 0.492. The van der Waals surface area contributed by atoms with Crippen LogP contribution in [-0.4, -0.2) is 0 Å². The highest BCUT2D eigenvalue weighted by Gasteiger charge is 2.47. The molecule has 0 heteroatoms. The van der Waals surface area contributed by atoms with Crippen molar-refractivity contribution in [2.24, 2.45) is 23.7 Å². The fraction of sp³-hybridized carbons (Fsp3) is 0.700. The maximum Gasteiger partial charge on any atom is -0.0171 e. The molecule has 2 bridgehead atoms. The van der Waals surface area contributed by atoms with Gasteiger partial charge in [-0.25, -0.2) is 0 Å². The Kier molecular flexibility index (Phi) is 0.898. The van der Waals surface area contributed by atoms with E-state index in [4.69, 9.17) is 0 Å². The zero-order valence-electron chi connectivity index (χ0n) is 6.16. The van der Waals surface area contributed by atoms with Crippen LogP contribution in [0.3, 0.4) is 0 Å². The molecule has 0 spiro atoms. The molecule has 0 aromatic heterocycles. The van der Waals surface area contributed by atoms with Gasteiger partial charge in [-0.3, -0.25) is 0 Å². The molecule has 0 aromatic rings. The lowest BCUT2D eigenvalue weighted by Crippen LogP contribution is -2.16. The summed E-state index contributed by atoms with van der Waals surface area (Å²) in [5.74, 6) is 4.09. The van der Waals surface area contributed by atoms with Gasteiger partial charge >= 0.3 is 0 Å². The summed E-state index contributed by atoms with van der Waals surface area (Å²) in [6.07, 6.45) is 11.7. The first-order chi connectivity index (χ1) is 4.95. The molecule has 10 heavy (non-hydrogen) atoms. The molecule has 53 valence electrons. The molecular formula is C10H13. The minimum Gasteiger partial charge on any atom is -0.0879 e. The highest BCUT2D eigenvalue weighted by molar-refractivity contribution is 5.16. The average Bonchev–Trinajstić information content (AvgIpc) is 2.60. The van der Waals surface area contributed by atoms with Crippen LogP contribution in [0.25, 0.3) is 0 Å². The Bertz CT molecular complexity index is 180. The van der Waals surface area contributed by atoms with Gasteiger partial charge in [-0.1, -0.05) is 12.2 Å². The largest absolute Gasteiger partial charge is 0.0879 e. The van der Waals surface area contributed by atoms with E-state index in [-0.39, 0.29) is 0 Å². The number of allylic oxidation sites excluding steroid dienone is 2. The van der Waals surface area contributed by atoms with Gasteiger partial charge in [0.05, 0.1) is 0 Å². The van der Waals surface area contributed by atoms with Crippen LogP contribution in [0.4, 0.5) is 0 Å². The van der Waals surface area contributed by atoms with Crippen molar-refractivity contribution in [3.8, 4) is 0 Å². The van der Waals surface area contributed by atoms with Gasteiger partial charge in [-0.2, -0.15) is 0 Å². The highest BCUT2D eigenvalue weighted by atomic mass is 14.5. The van der Waals surface area contributed by atoms with E-state index in [1.54, 1.807) is 0 Å². The smallest absolute Gasteiger partial charge is 0.0171 e. The lowest BCUT2D eigenvalue weighted by atomic mass is 9.82. The van der Waals surface area contributed by atoms with Crippen molar-refractivity contribution in [2.75, 3.05) is 0 Å². The number of hydrogen-bond acceptors (Lipinski definition) is 0. The number of fused-ring (bicyclic) bond motifs is 5. The van der Waals surface area contributed by atoms with Gasteiger partial charge in [0.15, 0.2) is 0 Å².